The van der Waals surface area contributed by atoms with Crippen molar-refractivity contribution in [1.82, 2.24) is 25.1 Å². The summed E-state index contributed by atoms with van der Waals surface area (Å²) < 4.78 is 6.84. The van der Waals surface area contributed by atoms with Crippen LogP contribution in [0.3, 0.4) is 0 Å². The van der Waals surface area contributed by atoms with Crippen molar-refractivity contribution in [2.75, 3.05) is 31.6 Å². The third-order valence-electron chi connectivity index (χ3n) is 4.83. The maximum Gasteiger partial charge on any atom is 0.226 e. The van der Waals surface area contributed by atoms with Crippen molar-refractivity contribution in [3.8, 4) is 11.6 Å². The Labute approximate surface area is 163 Å². The fraction of sp³-hybridized carbons (Fsp3) is 0.300. The molecule has 1 aliphatic heterocycles. The molecule has 1 amide bonds. The molecule has 8 nitrogen and oxygen atoms in total. The number of hydrogen-bond donors (Lipinski definition) is 1. The SMILES string of the molecule is COc1ccc(CCNC(=O)C2CN(c3cc(-n4cccn4)ncn3)C2)cc1. The van der Waals surface area contributed by atoms with Crippen molar-refractivity contribution < 1.29 is 9.53 Å². The monoisotopic (exact) mass is 378 g/mol. The van der Waals surface area contributed by atoms with Crippen LogP contribution in [0.1, 0.15) is 5.56 Å². The zero-order chi connectivity index (χ0) is 19.3. The zero-order valence-electron chi connectivity index (χ0n) is 15.7. The molecular formula is C20H22N6O2. The smallest absolute Gasteiger partial charge is 0.226 e. The van der Waals surface area contributed by atoms with E-state index in [1.807, 2.05) is 42.6 Å². The first-order valence-corrected chi connectivity index (χ1v) is 9.20. The lowest BCUT2D eigenvalue weighted by Crippen LogP contribution is -2.54. The number of hydrogen-bond acceptors (Lipinski definition) is 6. The van der Waals surface area contributed by atoms with E-state index < -0.39 is 0 Å². The highest BCUT2D eigenvalue weighted by molar-refractivity contribution is 5.81. The average Bonchev–Trinajstić information content (AvgIpc) is 3.23. The predicted octanol–water partition coefficient (Wildman–Crippen LogP) is 1.47. The molecule has 0 atom stereocenters. The molecule has 0 bridgehead atoms. The largest absolute Gasteiger partial charge is 0.497 e. The molecule has 28 heavy (non-hydrogen) atoms. The van der Waals surface area contributed by atoms with Crippen LogP contribution in [-0.4, -0.2) is 52.4 Å². The molecule has 0 aliphatic carbocycles. The van der Waals surface area contributed by atoms with Crippen LogP contribution in [0.5, 0.6) is 5.75 Å². The van der Waals surface area contributed by atoms with Crippen LogP contribution in [0.2, 0.25) is 0 Å². The number of nitrogens with zero attached hydrogens (tertiary/aromatic N) is 5. The second kappa shape index (κ2) is 8.08. The summed E-state index contributed by atoms with van der Waals surface area (Å²) in [7, 11) is 1.65. The number of aromatic nitrogens is 4. The van der Waals surface area contributed by atoms with Crippen LogP contribution < -0.4 is 15.0 Å². The van der Waals surface area contributed by atoms with Gasteiger partial charge in [-0.1, -0.05) is 12.1 Å². The fourth-order valence-corrected chi connectivity index (χ4v) is 3.14. The second-order valence-electron chi connectivity index (χ2n) is 6.68. The molecule has 1 N–H and O–H groups in total. The van der Waals surface area contributed by atoms with E-state index in [-0.39, 0.29) is 11.8 Å². The summed E-state index contributed by atoms with van der Waals surface area (Å²) in [5.41, 5.74) is 1.17. The van der Waals surface area contributed by atoms with Gasteiger partial charge in [-0.15, -0.1) is 0 Å². The van der Waals surface area contributed by atoms with E-state index in [2.05, 4.69) is 25.3 Å². The highest BCUT2D eigenvalue weighted by Crippen LogP contribution is 2.23. The Hall–Kier alpha value is -3.42. The molecule has 2 aromatic heterocycles. The standard InChI is InChI=1S/C20H22N6O2/c1-28-17-5-3-15(4-6-17)7-9-21-20(27)16-12-25(13-16)18-11-19(23-14-22-18)26-10-2-8-24-26/h2-6,8,10-11,14,16H,7,9,12-13H2,1H3,(H,21,27). The van der Waals surface area contributed by atoms with Crippen LogP contribution in [0.25, 0.3) is 5.82 Å². The first-order chi connectivity index (χ1) is 13.7. The molecule has 0 saturated carbocycles. The minimum atomic E-state index is -0.0148. The van der Waals surface area contributed by atoms with Gasteiger partial charge in [0, 0.05) is 38.1 Å². The number of carbonyl (C=O) groups excluding carboxylic acids is 1. The first-order valence-electron chi connectivity index (χ1n) is 9.20. The normalized spacial score (nSPS) is 13.8. The summed E-state index contributed by atoms with van der Waals surface area (Å²) >= 11 is 0. The summed E-state index contributed by atoms with van der Waals surface area (Å²) in [5.74, 6) is 2.43. The molecule has 1 fully saturated rings. The number of carbonyl (C=O) groups is 1. The number of nitrogens with one attached hydrogen (secondary N) is 1. The molecule has 1 saturated heterocycles. The molecule has 144 valence electrons. The molecule has 0 spiro atoms. The van der Waals surface area contributed by atoms with Crippen LogP contribution in [0.4, 0.5) is 5.82 Å². The molecule has 4 rings (SSSR count). The summed E-state index contributed by atoms with van der Waals surface area (Å²) in [5, 5.41) is 7.20. The Kier molecular flexibility index (Phi) is 5.18. The lowest BCUT2D eigenvalue weighted by atomic mass is 9.99. The van der Waals surface area contributed by atoms with Crippen molar-refractivity contribution in [1.29, 1.82) is 0 Å². The first kappa shape index (κ1) is 18.0. The number of anilines is 1. The molecule has 0 radical (unpaired) electrons. The average molecular weight is 378 g/mol. The molecule has 3 aromatic rings. The van der Waals surface area contributed by atoms with E-state index in [4.69, 9.17) is 4.74 Å². The van der Waals surface area contributed by atoms with E-state index >= 15 is 0 Å². The van der Waals surface area contributed by atoms with Crippen molar-refractivity contribution in [3.63, 3.8) is 0 Å². The van der Waals surface area contributed by atoms with Crippen molar-refractivity contribution in [2.24, 2.45) is 5.92 Å². The van der Waals surface area contributed by atoms with E-state index in [0.717, 1.165) is 18.0 Å². The number of benzene rings is 1. The molecule has 8 heteroatoms. The van der Waals surface area contributed by atoms with Gasteiger partial charge in [0.05, 0.1) is 13.0 Å². The predicted molar refractivity (Wildman–Crippen MR) is 105 cm³/mol. The van der Waals surface area contributed by atoms with Crippen LogP contribution in [0.15, 0.2) is 55.1 Å². The van der Waals surface area contributed by atoms with Crippen molar-refractivity contribution in [3.05, 3.63) is 60.7 Å². The Morgan fingerprint density at radius 1 is 1.21 bits per heavy atom. The lowest BCUT2D eigenvalue weighted by molar-refractivity contribution is -0.125. The Morgan fingerprint density at radius 2 is 2.00 bits per heavy atom. The quantitative estimate of drug-likeness (QED) is 0.670. The topological polar surface area (TPSA) is 85.2 Å². The van der Waals surface area contributed by atoms with E-state index in [0.29, 0.717) is 25.5 Å². The van der Waals surface area contributed by atoms with Gasteiger partial charge < -0.3 is 15.0 Å². The van der Waals surface area contributed by atoms with Crippen LogP contribution in [-0.2, 0) is 11.2 Å². The maximum absolute atomic E-state index is 12.3. The molecule has 0 unspecified atom stereocenters. The van der Waals surface area contributed by atoms with E-state index in [1.54, 1.807) is 18.0 Å². The van der Waals surface area contributed by atoms with E-state index in [1.165, 1.54) is 11.9 Å². The Balaban J connectivity index is 1.24. The van der Waals surface area contributed by atoms with Crippen LogP contribution in [0, 0.1) is 5.92 Å². The summed E-state index contributed by atoms with van der Waals surface area (Å²) in [6.45, 7) is 1.94. The molecule has 1 aromatic carbocycles. The van der Waals surface area contributed by atoms with Gasteiger partial charge in [0.15, 0.2) is 5.82 Å². The van der Waals surface area contributed by atoms with Gasteiger partial charge in [-0.05, 0) is 30.2 Å². The second-order valence-corrected chi connectivity index (χ2v) is 6.68. The van der Waals surface area contributed by atoms with Crippen molar-refractivity contribution >= 4 is 11.7 Å². The fourth-order valence-electron chi connectivity index (χ4n) is 3.14. The maximum atomic E-state index is 12.3. The minimum absolute atomic E-state index is 0.0148. The number of ether oxygens (including phenoxy) is 1. The van der Waals surface area contributed by atoms with E-state index in [9.17, 15) is 4.79 Å². The summed E-state index contributed by atoms with van der Waals surface area (Å²) in [4.78, 5) is 23.0. The third-order valence-corrected chi connectivity index (χ3v) is 4.83. The molecular weight excluding hydrogens is 356 g/mol. The summed E-state index contributed by atoms with van der Waals surface area (Å²) in [6, 6.07) is 11.6. The minimum Gasteiger partial charge on any atom is -0.497 e. The Bertz CT molecular complexity index is 920. The third kappa shape index (κ3) is 3.95. The van der Waals surface area contributed by atoms with Gasteiger partial charge in [-0.25, -0.2) is 14.6 Å². The van der Waals surface area contributed by atoms with Gasteiger partial charge in [-0.2, -0.15) is 5.10 Å². The summed E-state index contributed by atoms with van der Waals surface area (Å²) in [6.07, 6.45) is 5.86. The van der Waals surface area contributed by atoms with Gasteiger partial charge in [0.1, 0.15) is 17.9 Å². The Morgan fingerprint density at radius 3 is 2.71 bits per heavy atom. The highest BCUT2D eigenvalue weighted by atomic mass is 16.5. The van der Waals surface area contributed by atoms with Gasteiger partial charge in [0.2, 0.25) is 5.91 Å². The van der Waals surface area contributed by atoms with Crippen LogP contribution >= 0.6 is 0 Å². The number of methoxy groups -OCH3 is 1. The molecule has 1 aliphatic rings. The van der Waals surface area contributed by atoms with Crippen molar-refractivity contribution in [2.45, 2.75) is 6.42 Å². The highest BCUT2D eigenvalue weighted by Gasteiger charge is 2.33. The number of amides is 1. The van der Waals surface area contributed by atoms with Gasteiger partial charge in [-0.3, -0.25) is 4.79 Å². The number of rotatable bonds is 7. The van der Waals surface area contributed by atoms with Gasteiger partial charge in [0.25, 0.3) is 0 Å². The lowest BCUT2D eigenvalue weighted by Gasteiger charge is -2.39. The zero-order valence-corrected chi connectivity index (χ0v) is 15.7. The van der Waals surface area contributed by atoms with Gasteiger partial charge >= 0.3 is 0 Å². The molecule has 3 heterocycles.